The molecule has 19 heavy (non-hydrogen) atoms. The molecule has 4 heteroatoms. The van der Waals surface area contributed by atoms with Gasteiger partial charge in [0, 0.05) is 18.4 Å². The van der Waals surface area contributed by atoms with E-state index in [1.807, 2.05) is 6.07 Å². The number of carbonyl (C=O) groups is 1. The van der Waals surface area contributed by atoms with Crippen LogP contribution in [-0.4, -0.2) is 18.9 Å². The molecule has 0 spiro atoms. The molecule has 1 aliphatic heterocycles. The van der Waals surface area contributed by atoms with Crippen LogP contribution in [0, 0.1) is 11.2 Å². The maximum absolute atomic E-state index is 13.5. The lowest BCUT2D eigenvalue weighted by molar-refractivity contribution is -0.129. The Hall–Kier alpha value is -0.740. The van der Waals surface area contributed by atoms with Crippen LogP contribution in [0.2, 0.25) is 0 Å². The summed E-state index contributed by atoms with van der Waals surface area (Å²) in [5.74, 6) is -0.0916. The quantitative estimate of drug-likeness (QED) is 0.917. The first kappa shape index (κ1) is 14.7. The Kier molecular flexibility index (Phi) is 4.74. The Labute approximate surface area is 121 Å². The molecule has 1 N–H and O–H groups in total. The van der Waals surface area contributed by atoms with E-state index in [2.05, 4.69) is 28.2 Å². The number of carbonyl (C=O) groups excluding carboxylic acids is 1. The predicted molar refractivity (Wildman–Crippen MR) is 77.6 cm³/mol. The molecule has 0 aromatic heterocycles. The molecule has 1 fully saturated rings. The maximum atomic E-state index is 13.5. The van der Waals surface area contributed by atoms with Crippen LogP contribution < -0.4 is 5.32 Å². The van der Waals surface area contributed by atoms with Crippen LogP contribution in [0.3, 0.4) is 0 Å². The van der Waals surface area contributed by atoms with Gasteiger partial charge in [-0.25, -0.2) is 4.39 Å². The average molecular weight is 328 g/mol. The van der Waals surface area contributed by atoms with Crippen molar-refractivity contribution in [1.29, 1.82) is 0 Å². The van der Waals surface area contributed by atoms with E-state index in [0.29, 0.717) is 10.9 Å². The number of Topliss-reactive ketones (excluding diaryl/α,β-unsaturated/α-hetero) is 1. The summed E-state index contributed by atoms with van der Waals surface area (Å²) in [5.41, 5.74) is 0.465. The fraction of sp³-hybridized carbons (Fsp3) is 0.533. The minimum atomic E-state index is -0.308. The number of ketones is 1. The third-order valence-corrected chi connectivity index (χ3v) is 5.01. The lowest BCUT2D eigenvalue weighted by Crippen LogP contribution is -2.45. The van der Waals surface area contributed by atoms with Gasteiger partial charge in [-0.1, -0.05) is 19.1 Å². The second kappa shape index (κ2) is 6.14. The number of nitrogens with one attached hydrogen (secondary N) is 1. The molecule has 1 aromatic rings. The third-order valence-electron chi connectivity index (χ3n) is 4.12. The van der Waals surface area contributed by atoms with Crippen molar-refractivity contribution >= 4 is 21.7 Å². The Bertz CT molecular complexity index is 469. The number of hydrogen-bond donors (Lipinski definition) is 1. The van der Waals surface area contributed by atoms with Gasteiger partial charge in [-0.2, -0.15) is 0 Å². The van der Waals surface area contributed by atoms with Crippen LogP contribution in [0.5, 0.6) is 0 Å². The first-order chi connectivity index (χ1) is 9.09. The van der Waals surface area contributed by atoms with E-state index in [1.165, 1.54) is 6.07 Å². The lowest BCUT2D eigenvalue weighted by Gasteiger charge is -2.35. The minimum absolute atomic E-state index is 0.216. The van der Waals surface area contributed by atoms with Gasteiger partial charge >= 0.3 is 0 Å². The maximum Gasteiger partial charge on any atom is 0.144 e. The summed E-state index contributed by atoms with van der Waals surface area (Å²) in [4.78, 5) is 12.6. The van der Waals surface area contributed by atoms with Gasteiger partial charge in [0.2, 0.25) is 0 Å². The van der Waals surface area contributed by atoms with E-state index in [9.17, 15) is 9.18 Å². The highest BCUT2D eigenvalue weighted by molar-refractivity contribution is 9.10. The molecule has 1 aromatic carbocycles. The van der Waals surface area contributed by atoms with Gasteiger partial charge in [-0.15, -0.1) is 0 Å². The molecule has 2 rings (SSSR count). The molecule has 1 unspecified atom stereocenters. The summed E-state index contributed by atoms with van der Waals surface area (Å²) < 4.78 is 13.9. The molecule has 1 heterocycles. The molecule has 104 valence electrons. The van der Waals surface area contributed by atoms with E-state index >= 15 is 0 Å². The van der Waals surface area contributed by atoms with Gasteiger partial charge in [0.1, 0.15) is 11.6 Å². The molecule has 0 aliphatic carbocycles. The van der Waals surface area contributed by atoms with E-state index in [4.69, 9.17) is 0 Å². The van der Waals surface area contributed by atoms with Gasteiger partial charge in [0.05, 0.1) is 4.47 Å². The molecule has 1 saturated heterocycles. The summed E-state index contributed by atoms with van der Waals surface area (Å²) >= 11 is 3.23. The minimum Gasteiger partial charge on any atom is -0.316 e. The normalized spacial score (nSPS) is 23.3. The third kappa shape index (κ3) is 3.06. The zero-order valence-electron chi connectivity index (χ0n) is 11.1. The zero-order chi connectivity index (χ0) is 13.9. The topological polar surface area (TPSA) is 29.1 Å². The first-order valence-electron chi connectivity index (χ1n) is 6.76. The van der Waals surface area contributed by atoms with Gasteiger partial charge in [-0.05, 0) is 53.4 Å². The Morgan fingerprint density at radius 2 is 2.32 bits per heavy atom. The largest absolute Gasteiger partial charge is 0.316 e. The summed E-state index contributed by atoms with van der Waals surface area (Å²) in [7, 11) is 0. The van der Waals surface area contributed by atoms with Crippen LogP contribution in [0.4, 0.5) is 4.39 Å². The van der Waals surface area contributed by atoms with Crippen molar-refractivity contribution in [2.24, 2.45) is 5.41 Å². The second-order valence-corrected chi connectivity index (χ2v) is 6.02. The molecule has 0 bridgehead atoms. The van der Waals surface area contributed by atoms with Gasteiger partial charge in [0.25, 0.3) is 0 Å². The fourth-order valence-corrected chi connectivity index (χ4v) is 3.15. The van der Waals surface area contributed by atoms with Crippen LogP contribution in [-0.2, 0) is 11.2 Å². The second-order valence-electron chi connectivity index (χ2n) is 5.23. The van der Waals surface area contributed by atoms with E-state index in [0.717, 1.165) is 37.9 Å². The predicted octanol–water partition coefficient (Wildman–Crippen LogP) is 3.48. The molecule has 0 amide bonds. The van der Waals surface area contributed by atoms with Crippen LogP contribution >= 0.6 is 15.9 Å². The lowest BCUT2D eigenvalue weighted by atomic mass is 9.73. The first-order valence-corrected chi connectivity index (χ1v) is 7.55. The number of halogens is 2. The Morgan fingerprint density at radius 3 is 2.95 bits per heavy atom. The fourth-order valence-electron chi connectivity index (χ4n) is 2.75. The van der Waals surface area contributed by atoms with Crippen molar-refractivity contribution in [3.63, 3.8) is 0 Å². The van der Waals surface area contributed by atoms with Gasteiger partial charge in [0.15, 0.2) is 0 Å². The molecule has 0 radical (unpaired) electrons. The van der Waals surface area contributed by atoms with Gasteiger partial charge < -0.3 is 5.32 Å². The Balaban J connectivity index is 2.17. The smallest absolute Gasteiger partial charge is 0.144 e. The van der Waals surface area contributed by atoms with Crippen molar-refractivity contribution in [3.8, 4) is 0 Å². The highest BCUT2D eigenvalue weighted by Crippen LogP contribution is 2.33. The number of benzene rings is 1. The monoisotopic (exact) mass is 327 g/mol. The highest BCUT2D eigenvalue weighted by atomic mass is 79.9. The summed E-state index contributed by atoms with van der Waals surface area (Å²) in [6.07, 6.45) is 3.10. The Morgan fingerprint density at radius 1 is 1.53 bits per heavy atom. The summed E-state index contributed by atoms with van der Waals surface area (Å²) in [6, 6.07) is 4.86. The molecular formula is C15H19BrFNO. The number of rotatable bonds is 4. The van der Waals surface area contributed by atoms with Crippen molar-refractivity contribution in [1.82, 2.24) is 5.32 Å². The summed E-state index contributed by atoms with van der Waals surface area (Å²) in [6.45, 7) is 3.79. The molecule has 1 aliphatic rings. The number of piperidine rings is 1. The van der Waals surface area contributed by atoms with Crippen molar-refractivity contribution in [3.05, 3.63) is 34.1 Å². The van der Waals surface area contributed by atoms with Crippen molar-refractivity contribution < 1.29 is 9.18 Å². The molecule has 2 nitrogen and oxygen atoms in total. The van der Waals surface area contributed by atoms with E-state index < -0.39 is 0 Å². The van der Waals surface area contributed by atoms with Crippen molar-refractivity contribution in [2.75, 3.05) is 13.1 Å². The van der Waals surface area contributed by atoms with Crippen LogP contribution in [0.1, 0.15) is 31.7 Å². The SMILES string of the molecule is CCC1(C(=O)Cc2cccc(F)c2Br)CCCNC1. The van der Waals surface area contributed by atoms with Crippen molar-refractivity contribution in [2.45, 2.75) is 32.6 Å². The average Bonchev–Trinajstić information content (AvgIpc) is 2.44. The molecule has 0 saturated carbocycles. The highest BCUT2D eigenvalue weighted by Gasteiger charge is 2.37. The van der Waals surface area contributed by atoms with E-state index in [-0.39, 0.29) is 17.0 Å². The standard InChI is InChI=1S/C15H19BrFNO/c1-2-15(7-4-8-18-10-15)13(19)9-11-5-3-6-12(17)14(11)16/h3,5-6,18H,2,4,7-10H2,1H3. The summed E-state index contributed by atoms with van der Waals surface area (Å²) in [5, 5.41) is 3.31. The molecule has 1 atom stereocenters. The number of hydrogen-bond acceptors (Lipinski definition) is 2. The molecular weight excluding hydrogens is 309 g/mol. The van der Waals surface area contributed by atoms with Crippen LogP contribution in [0.25, 0.3) is 0 Å². The van der Waals surface area contributed by atoms with Gasteiger partial charge in [-0.3, -0.25) is 4.79 Å². The van der Waals surface area contributed by atoms with E-state index in [1.54, 1.807) is 6.07 Å². The zero-order valence-corrected chi connectivity index (χ0v) is 12.7. The van der Waals surface area contributed by atoms with Crippen LogP contribution in [0.15, 0.2) is 22.7 Å².